The molecule has 0 saturated carbocycles. The average molecular weight is 395 g/mol. The van der Waals surface area contributed by atoms with Crippen LogP contribution in [0, 0.1) is 5.92 Å². The van der Waals surface area contributed by atoms with Crippen LogP contribution < -0.4 is 15.0 Å². The topological polar surface area (TPSA) is 50.8 Å². The first kappa shape index (κ1) is 19.8. The third kappa shape index (κ3) is 4.73. The van der Waals surface area contributed by atoms with E-state index in [9.17, 15) is 4.79 Å². The van der Waals surface area contributed by atoms with Gasteiger partial charge >= 0.3 is 6.09 Å². The number of nitrogens with one attached hydrogen (secondary N) is 1. The van der Waals surface area contributed by atoms with E-state index in [-0.39, 0.29) is 11.5 Å². The first-order chi connectivity index (χ1) is 14.0. The van der Waals surface area contributed by atoms with Gasteiger partial charge in [-0.25, -0.2) is 4.79 Å². The number of hydrogen-bond acceptors (Lipinski definition) is 4. The van der Waals surface area contributed by atoms with Crippen molar-refractivity contribution in [3.05, 3.63) is 59.7 Å². The Bertz CT molecular complexity index is 844. The molecular formula is C24H30N2O3. The van der Waals surface area contributed by atoms with Gasteiger partial charge in [-0.3, -0.25) is 0 Å². The van der Waals surface area contributed by atoms with Crippen LogP contribution in [0.2, 0.25) is 0 Å². The molecule has 0 bridgehead atoms. The van der Waals surface area contributed by atoms with Crippen LogP contribution in [0.4, 0.5) is 10.5 Å². The van der Waals surface area contributed by atoms with Gasteiger partial charge in [0, 0.05) is 44.0 Å². The molecule has 5 nitrogen and oxygen atoms in total. The predicted molar refractivity (Wildman–Crippen MR) is 115 cm³/mol. The SMILES string of the molecule is CC1(C)CN(Cc2ccccc2)c2ccc(OC(=O)NCC3CCOCC3)cc21. The number of ether oxygens (including phenoxy) is 2. The van der Waals surface area contributed by atoms with Crippen molar-refractivity contribution in [3.63, 3.8) is 0 Å². The van der Waals surface area contributed by atoms with E-state index < -0.39 is 0 Å². The van der Waals surface area contributed by atoms with Crippen LogP contribution >= 0.6 is 0 Å². The van der Waals surface area contributed by atoms with E-state index in [1.807, 2.05) is 18.2 Å². The minimum absolute atomic E-state index is 0.00204. The van der Waals surface area contributed by atoms with Gasteiger partial charge in [-0.05, 0) is 48.1 Å². The summed E-state index contributed by atoms with van der Waals surface area (Å²) >= 11 is 0. The summed E-state index contributed by atoms with van der Waals surface area (Å²) < 4.78 is 10.9. The highest BCUT2D eigenvalue weighted by molar-refractivity contribution is 5.72. The molecule has 1 saturated heterocycles. The van der Waals surface area contributed by atoms with E-state index in [0.717, 1.165) is 39.1 Å². The second-order valence-corrected chi connectivity index (χ2v) is 8.73. The molecule has 2 aromatic rings. The molecule has 1 fully saturated rings. The number of rotatable bonds is 5. The molecule has 154 valence electrons. The highest BCUT2D eigenvalue weighted by Crippen LogP contribution is 2.42. The van der Waals surface area contributed by atoms with Crippen LogP contribution in [0.5, 0.6) is 5.75 Å². The summed E-state index contributed by atoms with van der Waals surface area (Å²) in [6.07, 6.45) is 1.60. The zero-order valence-corrected chi connectivity index (χ0v) is 17.3. The Hall–Kier alpha value is -2.53. The van der Waals surface area contributed by atoms with Crippen molar-refractivity contribution in [2.75, 3.05) is 31.2 Å². The monoisotopic (exact) mass is 394 g/mol. The lowest BCUT2D eigenvalue weighted by Gasteiger charge is -2.22. The molecule has 2 aromatic carbocycles. The normalized spacial score (nSPS) is 18.3. The molecule has 2 aliphatic heterocycles. The van der Waals surface area contributed by atoms with Crippen LogP contribution in [0.25, 0.3) is 0 Å². The van der Waals surface area contributed by atoms with Crippen LogP contribution in [-0.4, -0.2) is 32.4 Å². The van der Waals surface area contributed by atoms with E-state index in [4.69, 9.17) is 9.47 Å². The summed E-state index contributed by atoms with van der Waals surface area (Å²) in [6, 6.07) is 16.5. The average Bonchev–Trinajstić information content (AvgIpc) is 2.97. The Balaban J connectivity index is 1.41. The number of hydrogen-bond donors (Lipinski definition) is 1. The van der Waals surface area contributed by atoms with Crippen LogP contribution in [0.3, 0.4) is 0 Å². The third-order valence-electron chi connectivity index (χ3n) is 5.93. The summed E-state index contributed by atoms with van der Waals surface area (Å²) in [7, 11) is 0. The Kier molecular flexibility index (Phi) is 5.76. The van der Waals surface area contributed by atoms with Crippen LogP contribution in [0.15, 0.2) is 48.5 Å². The van der Waals surface area contributed by atoms with E-state index in [0.29, 0.717) is 18.2 Å². The number of anilines is 1. The number of amides is 1. The summed E-state index contributed by atoms with van der Waals surface area (Å²) in [6.45, 7) is 8.50. The summed E-state index contributed by atoms with van der Waals surface area (Å²) in [5, 5.41) is 2.90. The molecule has 4 rings (SSSR count). The smallest absolute Gasteiger partial charge is 0.410 e. The van der Waals surface area contributed by atoms with Crippen LogP contribution in [-0.2, 0) is 16.7 Å². The Labute approximate surface area is 173 Å². The zero-order valence-electron chi connectivity index (χ0n) is 17.3. The lowest BCUT2D eigenvalue weighted by molar-refractivity contribution is 0.0663. The fourth-order valence-corrected chi connectivity index (χ4v) is 4.31. The number of benzene rings is 2. The predicted octanol–water partition coefficient (Wildman–Crippen LogP) is 4.50. The van der Waals surface area contributed by atoms with Crippen molar-refractivity contribution >= 4 is 11.8 Å². The fraction of sp³-hybridized carbons (Fsp3) is 0.458. The van der Waals surface area contributed by atoms with Gasteiger partial charge in [0.15, 0.2) is 0 Å². The van der Waals surface area contributed by atoms with Gasteiger partial charge in [-0.2, -0.15) is 0 Å². The van der Waals surface area contributed by atoms with Gasteiger partial charge in [0.1, 0.15) is 5.75 Å². The number of nitrogens with zero attached hydrogens (tertiary/aromatic N) is 1. The molecule has 0 aliphatic carbocycles. The molecule has 0 spiro atoms. The minimum atomic E-state index is -0.381. The van der Waals surface area contributed by atoms with Crippen molar-refractivity contribution in [1.82, 2.24) is 5.32 Å². The molecule has 29 heavy (non-hydrogen) atoms. The van der Waals surface area contributed by atoms with E-state index in [2.05, 4.69) is 54.4 Å². The van der Waals surface area contributed by atoms with Crippen molar-refractivity contribution in [1.29, 1.82) is 0 Å². The Morgan fingerprint density at radius 1 is 1.17 bits per heavy atom. The lowest BCUT2D eigenvalue weighted by atomic mass is 9.87. The molecule has 0 unspecified atom stereocenters. The Morgan fingerprint density at radius 2 is 1.93 bits per heavy atom. The first-order valence-electron chi connectivity index (χ1n) is 10.5. The molecule has 1 N–H and O–H groups in total. The van der Waals surface area contributed by atoms with Crippen molar-refractivity contribution in [3.8, 4) is 5.75 Å². The van der Waals surface area contributed by atoms with Crippen molar-refractivity contribution < 1.29 is 14.3 Å². The third-order valence-corrected chi connectivity index (χ3v) is 5.93. The van der Waals surface area contributed by atoms with Gasteiger partial charge in [-0.15, -0.1) is 0 Å². The maximum absolute atomic E-state index is 12.2. The van der Waals surface area contributed by atoms with E-state index in [1.165, 1.54) is 16.8 Å². The maximum atomic E-state index is 12.2. The van der Waals surface area contributed by atoms with Gasteiger partial charge in [0.2, 0.25) is 0 Å². The fourth-order valence-electron chi connectivity index (χ4n) is 4.31. The van der Waals surface area contributed by atoms with Crippen molar-refractivity contribution in [2.45, 2.75) is 38.6 Å². The molecule has 0 aromatic heterocycles. The maximum Gasteiger partial charge on any atom is 0.412 e. The highest BCUT2D eigenvalue weighted by Gasteiger charge is 2.35. The molecule has 1 amide bonds. The van der Waals surface area contributed by atoms with E-state index >= 15 is 0 Å². The number of fused-ring (bicyclic) bond motifs is 1. The lowest BCUT2D eigenvalue weighted by Crippen LogP contribution is -2.34. The van der Waals surface area contributed by atoms with Gasteiger partial charge in [0.25, 0.3) is 0 Å². The first-order valence-corrected chi connectivity index (χ1v) is 10.5. The quantitative estimate of drug-likeness (QED) is 0.811. The standard InChI is InChI=1S/C24H30N2O3/c1-24(2)17-26(16-19-6-4-3-5-7-19)22-9-8-20(14-21(22)24)29-23(27)25-15-18-10-12-28-13-11-18/h3-9,14,18H,10-13,15-17H2,1-2H3,(H,25,27). The number of carbonyl (C=O) groups is 1. The van der Waals surface area contributed by atoms with Gasteiger partial charge < -0.3 is 19.7 Å². The zero-order chi connectivity index (χ0) is 20.3. The van der Waals surface area contributed by atoms with Crippen LogP contribution in [0.1, 0.15) is 37.8 Å². The highest BCUT2D eigenvalue weighted by atomic mass is 16.6. The summed E-state index contributed by atoms with van der Waals surface area (Å²) in [5.74, 6) is 1.07. The molecule has 0 atom stereocenters. The van der Waals surface area contributed by atoms with Gasteiger partial charge in [-0.1, -0.05) is 44.2 Å². The summed E-state index contributed by atoms with van der Waals surface area (Å²) in [4.78, 5) is 14.6. The second-order valence-electron chi connectivity index (χ2n) is 8.73. The number of carbonyl (C=O) groups excluding carboxylic acids is 1. The van der Waals surface area contributed by atoms with E-state index in [1.54, 1.807) is 0 Å². The summed E-state index contributed by atoms with van der Waals surface area (Å²) in [5.41, 5.74) is 3.74. The minimum Gasteiger partial charge on any atom is -0.410 e. The van der Waals surface area contributed by atoms with Gasteiger partial charge in [0.05, 0.1) is 0 Å². The molecule has 5 heteroatoms. The molecular weight excluding hydrogens is 364 g/mol. The van der Waals surface area contributed by atoms with Crippen molar-refractivity contribution in [2.24, 2.45) is 5.92 Å². The largest absolute Gasteiger partial charge is 0.412 e. The molecule has 2 heterocycles. The Morgan fingerprint density at radius 3 is 2.69 bits per heavy atom. The second kappa shape index (κ2) is 8.46. The molecule has 2 aliphatic rings. The molecule has 0 radical (unpaired) electrons.